The largest absolute Gasteiger partial charge is 0.481 e. The molecule has 1 unspecified atom stereocenters. The summed E-state index contributed by atoms with van der Waals surface area (Å²) < 4.78 is 0. The fraction of sp³-hybridized carbons (Fsp3) is 0.125. The third-order valence-electron chi connectivity index (χ3n) is 1.67. The minimum Gasteiger partial charge on any atom is -0.481 e. The summed E-state index contributed by atoms with van der Waals surface area (Å²) in [5.74, 6) is -1.19. The van der Waals surface area contributed by atoms with Crippen LogP contribution in [-0.2, 0) is 4.79 Å². The molecule has 1 N–H and O–H groups in total. The molecule has 1 atom stereocenters. The average molecular weight is 148 g/mol. The fourth-order valence-corrected chi connectivity index (χ4v) is 0.884. The summed E-state index contributed by atoms with van der Waals surface area (Å²) in [4.78, 5) is 10.5. The third-order valence-corrected chi connectivity index (χ3v) is 1.67. The van der Waals surface area contributed by atoms with E-state index in [0.717, 1.165) is 5.56 Å². The normalized spacial score (nSPS) is 12.4. The second-order valence-corrected chi connectivity index (χ2v) is 2.47. The SMILES string of the molecule is BC(C(=O)O)c1ccccc1. The lowest BCUT2D eigenvalue weighted by molar-refractivity contribution is -0.136. The standard InChI is InChI=1S/C8H9BO2/c9-7(8(10)11)6-4-2-1-3-5-6/h1-5,7H,9H2,(H,10,11). The van der Waals surface area contributed by atoms with Crippen LogP contribution in [0.1, 0.15) is 11.4 Å². The zero-order chi connectivity index (χ0) is 8.27. The molecule has 0 aliphatic rings. The molecule has 0 bridgehead atoms. The molecular formula is C8H9BO2. The molecule has 0 aromatic heterocycles. The number of carboxylic acids is 1. The molecule has 0 aliphatic heterocycles. The van der Waals surface area contributed by atoms with E-state index in [4.69, 9.17) is 5.11 Å². The molecule has 0 spiro atoms. The van der Waals surface area contributed by atoms with Gasteiger partial charge in [0.25, 0.3) is 0 Å². The zero-order valence-corrected chi connectivity index (χ0v) is 6.32. The third kappa shape index (κ3) is 1.83. The van der Waals surface area contributed by atoms with E-state index in [1.807, 2.05) is 30.3 Å². The van der Waals surface area contributed by atoms with Gasteiger partial charge in [-0.05, 0) is 5.56 Å². The Morgan fingerprint density at radius 3 is 2.36 bits per heavy atom. The number of hydrogen-bond acceptors (Lipinski definition) is 1. The van der Waals surface area contributed by atoms with E-state index in [0.29, 0.717) is 0 Å². The van der Waals surface area contributed by atoms with Crippen molar-refractivity contribution in [3.63, 3.8) is 0 Å². The molecule has 0 fully saturated rings. The molecule has 1 aromatic carbocycles. The van der Waals surface area contributed by atoms with E-state index in [2.05, 4.69) is 0 Å². The van der Waals surface area contributed by atoms with Crippen molar-refractivity contribution in [3.8, 4) is 0 Å². The van der Waals surface area contributed by atoms with E-state index >= 15 is 0 Å². The molecule has 0 amide bonds. The van der Waals surface area contributed by atoms with Gasteiger partial charge in [0.05, 0.1) is 0 Å². The Labute approximate surface area is 66.3 Å². The van der Waals surface area contributed by atoms with E-state index in [1.54, 1.807) is 7.85 Å². The highest BCUT2D eigenvalue weighted by molar-refractivity contribution is 6.22. The minimum atomic E-state index is -0.781. The Hall–Kier alpha value is -1.25. The monoisotopic (exact) mass is 148 g/mol. The van der Waals surface area contributed by atoms with E-state index in [-0.39, 0.29) is 0 Å². The first kappa shape index (κ1) is 7.86. The van der Waals surface area contributed by atoms with Crippen molar-refractivity contribution in [2.75, 3.05) is 0 Å². The van der Waals surface area contributed by atoms with Crippen molar-refractivity contribution in [1.82, 2.24) is 0 Å². The molecule has 56 valence electrons. The van der Waals surface area contributed by atoms with Crippen LogP contribution in [0.15, 0.2) is 30.3 Å². The Bertz CT molecular complexity index is 246. The van der Waals surface area contributed by atoms with Gasteiger partial charge in [0, 0.05) is 5.82 Å². The maximum Gasteiger partial charge on any atom is 0.302 e. The van der Waals surface area contributed by atoms with Crippen molar-refractivity contribution < 1.29 is 9.90 Å². The predicted molar refractivity (Wildman–Crippen MR) is 45.4 cm³/mol. The fourth-order valence-electron chi connectivity index (χ4n) is 0.884. The zero-order valence-electron chi connectivity index (χ0n) is 6.32. The molecule has 1 rings (SSSR count). The van der Waals surface area contributed by atoms with Crippen molar-refractivity contribution in [2.45, 2.75) is 5.82 Å². The predicted octanol–water partition coefficient (Wildman–Crippen LogP) is 0.445. The first-order chi connectivity index (χ1) is 5.22. The van der Waals surface area contributed by atoms with Crippen LogP contribution in [0.4, 0.5) is 0 Å². The molecular weight excluding hydrogens is 139 g/mol. The summed E-state index contributed by atoms with van der Waals surface area (Å²) >= 11 is 0. The highest BCUT2D eigenvalue weighted by atomic mass is 16.4. The van der Waals surface area contributed by atoms with Crippen LogP contribution in [0.2, 0.25) is 0 Å². The number of benzene rings is 1. The summed E-state index contributed by atoms with van der Waals surface area (Å²) in [6.07, 6.45) is 0. The van der Waals surface area contributed by atoms with Crippen LogP contribution < -0.4 is 0 Å². The second kappa shape index (κ2) is 3.24. The van der Waals surface area contributed by atoms with Gasteiger partial charge in [-0.2, -0.15) is 0 Å². The number of aliphatic carboxylic acids is 1. The molecule has 1 aromatic rings. The lowest BCUT2D eigenvalue weighted by Crippen LogP contribution is -2.10. The van der Waals surface area contributed by atoms with Gasteiger partial charge in [0.15, 0.2) is 0 Å². The van der Waals surface area contributed by atoms with Crippen LogP contribution in [-0.4, -0.2) is 18.9 Å². The van der Waals surface area contributed by atoms with Gasteiger partial charge in [-0.3, -0.25) is 4.79 Å². The van der Waals surface area contributed by atoms with Gasteiger partial charge < -0.3 is 5.11 Å². The van der Waals surface area contributed by atoms with Gasteiger partial charge in [-0.1, -0.05) is 30.3 Å². The lowest BCUT2D eigenvalue weighted by atomic mass is 9.81. The molecule has 0 saturated carbocycles. The Morgan fingerprint density at radius 2 is 1.91 bits per heavy atom. The van der Waals surface area contributed by atoms with Crippen LogP contribution in [0.5, 0.6) is 0 Å². The highest BCUT2D eigenvalue weighted by Gasteiger charge is 2.11. The molecule has 3 heteroatoms. The van der Waals surface area contributed by atoms with Crippen LogP contribution in [0, 0.1) is 0 Å². The molecule has 2 nitrogen and oxygen atoms in total. The van der Waals surface area contributed by atoms with Crippen LogP contribution >= 0.6 is 0 Å². The van der Waals surface area contributed by atoms with Crippen molar-refractivity contribution in [2.24, 2.45) is 0 Å². The quantitative estimate of drug-likeness (QED) is 0.618. The molecule has 0 saturated heterocycles. The first-order valence-corrected chi connectivity index (χ1v) is 3.49. The van der Waals surface area contributed by atoms with Gasteiger partial charge in [0.1, 0.15) is 7.85 Å². The Morgan fingerprint density at radius 1 is 1.36 bits per heavy atom. The smallest absolute Gasteiger partial charge is 0.302 e. The Balaban J connectivity index is 2.85. The van der Waals surface area contributed by atoms with E-state index in [9.17, 15) is 4.79 Å². The van der Waals surface area contributed by atoms with E-state index < -0.39 is 11.8 Å². The number of hydrogen-bond donors (Lipinski definition) is 1. The van der Waals surface area contributed by atoms with Crippen molar-refractivity contribution in [1.29, 1.82) is 0 Å². The van der Waals surface area contributed by atoms with E-state index in [1.165, 1.54) is 0 Å². The summed E-state index contributed by atoms with van der Waals surface area (Å²) in [7, 11) is 1.68. The van der Waals surface area contributed by atoms with Crippen LogP contribution in [0.25, 0.3) is 0 Å². The van der Waals surface area contributed by atoms with Crippen molar-refractivity contribution >= 4 is 13.8 Å². The lowest BCUT2D eigenvalue weighted by Gasteiger charge is -2.04. The Kier molecular flexibility index (Phi) is 2.31. The summed E-state index contributed by atoms with van der Waals surface area (Å²) in [6.45, 7) is 0. The summed E-state index contributed by atoms with van der Waals surface area (Å²) in [5.41, 5.74) is 0.847. The summed E-state index contributed by atoms with van der Waals surface area (Å²) in [5, 5.41) is 8.64. The molecule has 0 radical (unpaired) electrons. The molecule has 11 heavy (non-hydrogen) atoms. The number of carbonyl (C=O) groups is 1. The van der Waals surface area contributed by atoms with Crippen LogP contribution in [0.3, 0.4) is 0 Å². The minimum absolute atomic E-state index is 0.406. The van der Waals surface area contributed by atoms with Gasteiger partial charge in [0.2, 0.25) is 0 Å². The average Bonchev–Trinajstić information content (AvgIpc) is 2.05. The maximum atomic E-state index is 10.5. The topological polar surface area (TPSA) is 37.3 Å². The van der Waals surface area contributed by atoms with Gasteiger partial charge >= 0.3 is 5.97 Å². The van der Waals surface area contributed by atoms with Gasteiger partial charge in [-0.15, -0.1) is 0 Å². The molecule has 0 heterocycles. The van der Waals surface area contributed by atoms with Crippen molar-refractivity contribution in [3.05, 3.63) is 35.9 Å². The summed E-state index contributed by atoms with van der Waals surface area (Å²) in [6, 6.07) is 9.19. The first-order valence-electron chi connectivity index (χ1n) is 3.49. The highest BCUT2D eigenvalue weighted by Crippen LogP contribution is 2.10. The second-order valence-electron chi connectivity index (χ2n) is 2.47. The van der Waals surface area contributed by atoms with Gasteiger partial charge in [-0.25, -0.2) is 0 Å². The maximum absolute atomic E-state index is 10.5. The number of carboxylic acid groups (broad SMARTS) is 1. The number of rotatable bonds is 2. The molecule has 0 aliphatic carbocycles.